The molecule has 0 radical (unpaired) electrons. The predicted octanol–water partition coefficient (Wildman–Crippen LogP) is 1.83. The number of benzene rings is 1. The van der Waals surface area contributed by atoms with Crippen molar-refractivity contribution in [1.29, 1.82) is 0 Å². The zero-order valence-corrected chi connectivity index (χ0v) is 9.50. The summed E-state index contributed by atoms with van der Waals surface area (Å²) in [5.41, 5.74) is 0.738. The Morgan fingerprint density at radius 1 is 1.16 bits per heavy atom. The molecule has 0 aliphatic carbocycles. The average molecular weight is 257 g/mol. The van der Waals surface area contributed by atoms with Crippen LogP contribution in [0.15, 0.2) is 46.9 Å². The number of para-hydroxylation sites is 1. The molecular formula is C11H7N5O3. The molecule has 0 amide bonds. The van der Waals surface area contributed by atoms with E-state index in [9.17, 15) is 10.1 Å². The van der Waals surface area contributed by atoms with Crippen molar-refractivity contribution < 1.29 is 9.34 Å². The van der Waals surface area contributed by atoms with E-state index < -0.39 is 4.92 Å². The van der Waals surface area contributed by atoms with Crippen LogP contribution in [-0.2, 0) is 0 Å². The van der Waals surface area contributed by atoms with Gasteiger partial charge in [-0.05, 0) is 23.4 Å². The zero-order valence-electron chi connectivity index (χ0n) is 9.50. The number of nitro groups is 1. The fourth-order valence-corrected chi connectivity index (χ4v) is 1.53. The van der Waals surface area contributed by atoms with Crippen LogP contribution in [-0.4, -0.2) is 25.1 Å². The second-order valence-corrected chi connectivity index (χ2v) is 3.63. The molecule has 0 unspecified atom stereocenters. The van der Waals surface area contributed by atoms with Gasteiger partial charge in [0, 0.05) is 0 Å². The summed E-state index contributed by atoms with van der Waals surface area (Å²) in [6, 6.07) is 11.9. The Kier molecular flexibility index (Phi) is 2.53. The summed E-state index contributed by atoms with van der Waals surface area (Å²) in [4.78, 5) is 11.2. The molecule has 1 aromatic carbocycles. The van der Waals surface area contributed by atoms with Gasteiger partial charge in [-0.25, -0.2) is 0 Å². The summed E-state index contributed by atoms with van der Waals surface area (Å²) in [5, 5.41) is 22.3. The third-order valence-corrected chi connectivity index (χ3v) is 2.39. The van der Waals surface area contributed by atoms with Gasteiger partial charge in [0.15, 0.2) is 5.76 Å². The number of aromatic nitrogens is 4. The average Bonchev–Trinajstić information content (AvgIpc) is 3.09. The number of tetrazole rings is 1. The fourth-order valence-electron chi connectivity index (χ4n) is 1.53. The molecule has 8 heteroatoms. The van der Waals surface area contributed by atoms with E-state index in [-0.39, 0.29) is 17.5 Å². The summed E-state index contributed by atoms with van der Waals surface area (Å²) >= 11 is 0. The molecule has 0 fully saturated rings. The summed E-state index contributed by atoms with van der Waals surface area (Å²) in [6.45, 7) is 0. The monoisotopic (exact) mass is 257 g/mol. The van der Waals surface area contributed by atoms with Crippen LogP contribution in [0.3, 0.4) is 0 Å². The van der Waals surface area contributed by atoms with Gasteiger partial charge in [0.2, 0.25) is 5.82 Å². The van der Waals surface area contributed by atoms with E-state index in [0.717, 1.165) is 5.69 Å². The molecule has 8 nitrogen and oxygen atoms in total. The van der Waals surface area contributed by atoms with Gasteiger partial charge in [-0.2, -0.15) is 0 Å². The second-order valence-electron chi connectivity index (χ2n) is 3.63. The molecule has 0 saturated heterocycles. The number of rotatable bonds is 3. The van der Waals surface area contributed by atoms with Gasteiger partial charge in [0.25, 0.3) is 0 Å². The molecule has 94 valence electrons. The standard InChI is InChI=1S/C11H7N5O3/c17-16(18)10-7-6-9(19-10)11-12-14-15(13-11)8-4-2-1-3-5-8/h1-7H. The summed E-state index contributed by atoms with van der Waals surface area (Å²) < 4.78 is 5.00. The van der Waals surface area contributed by atoms with E-state index in [0.29, 0.717) is 0 Å². The third-order valence-electron chi connectivity index (χ3n) is 2.39. The van der Waals surface area contributed by atoms with Crippen LogP contribution >= 0.6 is 0 Å². The molecule has 0 N–H and O–H groups in total. The SMILES string of the molecule is O=[N+]([O-])c1ccc(-c2nnn(-c3ccccc3)n2)o1. The van der Waals surface area contributed by atoms with Crippen molar-refractivity contribution in [1.82, 2.24) is 20.2 Å². The number of furan rings is 1. The highest BCUT2D eigenvalue weighted by atomic mass is 16.6. The van der Waals surface area contributed by atoms with Crippen LogP contribution in [0.2, 0.25) is 0 Å². The minimum atomic E-state index is -0.620. The molecule has 0 spiro atoms. The van der Waals surface area contributed by atoms with E-state index >= 15 is 0 Å². The van der Waals surface area contributed by atoms with E-state index in [4.69, 9.17) is 4.42 Å². The molecule has 0 saturated carbocycles. The molecule has 0 aliphatic heterocycles. The van der Waals surface area contributed by atoms with E-state index in [1.165, 1.54) is 16.9 Å². The lowest BCUT2D eigenvalue weighted by molar-refractivity contribution is -0.401. The first kappa shape index (κ1) is 11.1. The van der Waals surface area contributed by atoms with Gasteiger partial charge < -0.3 is 4.42 Å². The van der Waals surface area contributed by atoms with Crippen molar-refractivity contribution in [3.05, 3.63) is 52.6 Å². The van der Waals surface area contributed by atoms with Gasteiger partial charge >= 0.3 is 5.88 Å². The van der Waals surface area contributed by atoms with Crippen LogP contribution in [0.4, 0.5) is 5.88 Å². The highest BCUT2D eigenvalue weighted by Gasteiger charge is 2.16. The smallest absolute Gasteiger partial charge is 0.397 e. The van der Waals surface area contributed by atoms with E-state index in [1.807, 2.05) is 30.3 Å². The quantitative estimate of drug-likeness (QED) is 0.524. The van der Waals surface area contributed by atoms with E-state index in [1.54, 1.807) is 0 Å². The van der Waals surface area contributed by atoms with Crippen molar-refractivity contribution in [2.75, 3.05) is 0 Å². The van der Waals surface area contributed by atoms with Crippen molar-refractivity contribution in [3.8, 4) is 17.3 Å². The molecule has 19 heavy (non-hydrogen) atoms. The minimum Gasteiger partial charge on any atom is -0.397 e. The molecule has 3 aromatic rings. The molecule has 0 aliphatic rings. The number of nitrogens with zero attached hydrogens (tertiary/aromatic N) is 5. The zero-order chi connectivity index (χ0) is 13.2. The van der Waals surface area contributed by atoms with Crippen LogP contribution in [0.25, 0.3) is 17.3 Å². The predicted molar refractivity (Wildman–Crippen MR) is 63.5 cm³/mol. The van der Waals surface area contributed by atoms with Crippen molar-refractivity contribution in [2.24, 2.45) is 0 Å². The maximum Gasteiger partial charge on any atom is 0.433 e. The maximum atomic E-state index is 10.5. The highest BCUT2D eigenvalue weighted by Crippen LogP contribution is 2.22. The summed E-state index contributed by atoms with van der Waals surface area (Å²) in [5.74, 6) is 0.0388. The highest BCUT2D eigenvalue weighted by molar-refractivity contribution is 5.47. The van der Waals surface area contributed by atoms with E-state index in [2.05, 4.69) is 15.4 Å². The van der Waals surface area contributed by atoms with Crippen LogP contribution in [0.5, 0.6) is 0 Å². The fraction of sp³-hybridized carbons (Fsp3) is 0. The number of hydrogen-bond donors (Lipinski definition) is 0. The summed E-state index contributed by atoms with van der Waals surface area (Å²) in [6.07, 6.45) is 0. The Labute approximate surface area is 106 Å². The normalized spacial score (nSPS) is 10.5. The summed E-state index contributed by atoms with van der Waals surface area (Å²) in [7, 11) is 0. The van der Waals surface area contributed by atoms with Gasteiger partial charge in [-0.1, -0.05) is 18.2 Å². The van der Waals surface area contributed by atoms with Crippen molar-refractivity contribution >= 4 is 5.88 Å². The minimum absolute atomic E-state index is 0.192. The Morgan fingerprint density at radius 2 is 1.95 bits per heavy atom. The second kappa shape index (κ2) is 4.33. The third kappa shape index (κ3) is 2.06. The first-order valence-electron chi connectivity index (χ1n) is 5.34. The van der Waals surface area contributed by atoms with Crippen LogP contribution in [0, 0.1) is 10.1 Å². The number of hydrogen-bond acceptors (Lipinski definition) is 6. The van der Waals surface area contributed by atoms with Gasteiger partial charge in [-0.3, -0.25) is 10.1 Å². The Morgan fingerprint density at radius 3 is 2.63 bits per heavy atom. The Bertz CT molecular complexity index is 719. The lowest BCUT2D eigenvalue weighted by Crippen LogP contribution is -1.98. The molecule has 0 atom stereocenters. The van der Waals surface area contributed by atoms with Gasteiger partial charge in [0.1, 0.15) is 4.92 Å². The molecule has 0 bridgehead atoms. The lowest BCUT2D eigenvalue weighted by atomic mass is 10.3. The largest absolute Gasteiger partial charge is 0.433 e. The Hall–Kier alpha value is -3.03. The van der Waals surface area contributed by atoms with Crippen molar-refractivity contribution in [2.45, 2.75) is 0 Å². The van der Waals surface area contributed by atoms with Crippen molar-refractivity contribution in [3.63, 3.8) is 0 Å². The van der Waals surface area contributed by atoms with Crippen LogP contribution in [0.1, 0.15) is 0 Å². The first-order valence-corrected chi connectivity index (χ1v) is 5.34. The molecule has 3 rings (SSSR count). The van der Waals surface area contributed by atoms with Gasteiger partial charge in [0.05, 0.1) is 11.8 Å². The van der Waals surface area contributed by atoms with Crippen LogP contribution < -0.4 is 0 Å². The van der Waals surface area contributed by atoms with Gasteiger partial charge in [-0.15, -0.1) is 15.0 Å². The first-order chi connectivity index (χ1) is 9.24. The molecular weight excluding hydrogens is 250 g/mol. The Balaban J connectivity index is 1.94. The maximum absolute atomic E-state index is 10.5. The topological polar surface area (TPSA) is 99.9 Å². The molecule has 2 heterocycles. The lowest BCUT2D eigenvalue weighted by Gasteiger charge is -1.94. The molecule has 2 aromatic heterocycles.